The van der Waals surface area contributed by atoms with Gasteiger partial charge in [0.1, 0.15) is 18.4 Å². The predicted molar refractivity (Wildman–Crippen MR) is 78.9 cm³/mol. The summed E-state index contributed by atoms with van der Waals surface area (Å²) >= 11 is 0. The number of carbonyl (C=O) groups is 1. The van der Waals surface area contributed by atoms with Crippen LogP contribution >= 0.6 is 0 Å². The van der Waals surface area contributed by atoms with Crippen molar-refractivity contribution >= 4 is 23.1 Å². The van der Waals surface area contributed by atoms with Gasteiger partial charge in [-0.25, -0.2) is 14.6 Å². The van der Waals surface area contributed by atoms with Crippen molar-refractivity contribution in [3.63, 3.8) is 0 Å². The lowest BCUT2D eigenvalue weighted by Gasteiger charge is -2.50. The van der Waals surface area contributed by atoms with Crippen molar-refractivity contribution in [2.24, 2.45) is 5.92 Å². The first-order valence-electron chi connectivity index (χ1n) is 7.33. The molecule has 8 nitrogen and oxygen atoms in total. The first-order chi connectivity index (χ1) is 10.7. The van der Waals surface area contributed by atoms with E-state index in [-0.39, 0.29) is 6.04 Å². The van der Waals surface area contributed by atoms with Gasteiger partial charge in [0.2, 0.25) is 0 Å². The van der Waals surface area contributed by atoms with Gasteiger partial charge in [0.25, 0.3) is 0 Å². The highest BCUT2D eigenvalue weighted by Gasteiger charge is 2.58. The molecule has 8 heteroatoms. The van der Waals surface area contributed by atoms with Gasteiger partial charge in [-0.3, -0.25) is 0 Å². The van der Waals surface area contributed by atoms with Gasteiger partial charge in [-0.05, 0) is 13.8 Å². The molecule has 0 saturated heterocycles. The van der Waals surface area contributed by atoms with E-state index in [0.717, 1.165) is 6.29 Å². The molecule has 22 heavy (non-hydrogen) atoms. The molecule has 0 bridgehead atoms. The number of carbonyl (C=O) groups excluding carboxylic acids is 1. The van der Waals surface area contributed by atoms with E-state index in [4.69, 9.17) is 15.2 Å². The number of aldehydes is 1. The van der Waals surface area contributed by atoms with E-state index in [1.807, 2.05) is 13.8 Å². The number of nitrogen functional groups attached to an aromatic ring is 1. The standard InChI is InChI=1S/C14H19N5O3/c1-3-21-14(22-4-2)5-11(10(14)7-20)19-13-9(6-18-19)12(15)16-8-17-13/h6-8,10-11H,3-5H2,1-2H3,(H2,15,16,17). The molecule has 0 aliphatic heterocycles. The van der Waals surface area contributed by atoms with E-state index in [9.17, 15) is 4.79 Å². The molecule has 2 heterocycles. The minimum atomic E-state index is -0.868. The van der Waals surface area contributed by atoms with Crippen LogP contribution in [-0.2, 0) is 14.3 Å². The van der Waals surface area contributed by atoms with Crippen molar-refractivity contribution in [3.8, 4) is 0 Å². The monoisotopic (exact) mass is 305 g/mol. The summed E-state index contributed by atoms with van der Waals surface area (Å²) in [6.45, 7) is 4.72. The highest BCUT2D eigenvalue weighted by Crippen LogP contribution is 2.50. The van der Waals surface area contributed by atoms with E-state index < -0.39 is 11.7 Å². The van der Waals surface area contributed by atoms with Gasteiger partial charge < -0.3 is 20.0 Å². The molecule has 0 amide bonds. The average molecular weight is 305 g/mol. The van der Waals surface area contributed by atoms with Crippen molar-refractivity contribution in [1.29, 1.82) is 0 Å². The molecule has 3 rings (SSSR count). The van der Waals surface area contributed by atoms with Gasteiger partial charge in [0.15, 0.2) is 11.4 Å². The Morgan fingerprint density at radius 3 is 2.77 bits per heavy atom. The van der Waals surface area contributed by atoms with Crippen molar-refractivity contribution in [3.05, 3.63) is 12.5 Å². The van der Waals surface area contributed by atoms with Gasteiger partial charge in [-0.2, -0.15) is 5.10 Å². The van der Waals surface area contributed by atoms with Gasteiger partial charge in [0.05, 0.1) is 23.5 Å². The zero-order chi connectivity index (χ0) is 15.7. The number of fused-ring (bicyclic) bond motifs is 1. The van der Waals surface area contributed by atoms with E-state index in [1.165, 1.54) is 6.33 Å². The van der Waals surface area contributed by atoms with Crippen LogP contribution in [0.15, 0.2) is 12.5 Å². The van der Waals surface area contributed by atoms with Crippen molar-refractivity contribution in [1.82, 2.24) is 19.7 Å². The Morgan fingerprint density at radius 1 is 1.41 bits per heavy atom. The number of anilines is 1. The van der Waals surface area contributed by atoms with Crippen LogP contribution in [0.1, 0.15) is 26.3 Å². The zero-order valence-corrected chi connectivity index (χ0v) is 12.6. The molecule has 2 aromatic heterocycles. The van der Waals surface area contributed by atoms with Crippen LogP contribution in [0.5, 0.6) is 0 Å². The van der Waals surface area contributed by atoms with Gasteiger partial charge in [-0.1, -0.05) is 0 Å². The van der Waals surface area contributed by atoms with Crippen molar-refractivity contribution < 1.29 is 14.3 Å². The third kappa shape index (κ3) is 2.06. The first kappa shape index (κ1) is 14.9. The molecule has 2 atom stereocenters. The fourth-order valence-electron chi connectivity index (χ4n) is 3.08. The number of nitrogens with two attached hydrogens (primary N) is 1. The summed E-state index contributed by atoms with van der Waals surface area (Å²) in [5.74, 6) is -0.932. The van der Waals surface area contributed by atoms with Crippen LogP contribution in [0.2, 0.25) is 0 Å². The topological polar surface area (TPSA) is 105 Å². The second-order valence-electron chi connectivity index (χ2n) is 5.20. The van der Waals surface area contributed by atoms with E-state index in [1.54, 1.807) is 10.9 Å². The molecule has 2 aromatic rings. The van der Waals surface area contributed by atoms with Crippen LogP contribution in [0, 0.1) is 5.92 Å². The minimum Gasteiger partial charge on any atom is -0.383 e. The molecule has 0 radical (unpaired) electrons. The Morgan fingerprint density at radius 2 is 2.14 bits per heavy atom. The van der Waals surface area contributed by atoms with Gasteiger partial charge in [-0.15, -0.1) is 0 Å². The number of ether oxygens (including phenoxy) is 2. The summed E-state index contributed by atoms with van der Waals surface area (Å²) in [4.78, 5) is 19.8. The average Bonchev–Trinajstić information content (AvgIpc) is 2.90. The Kier molecular flexibility index (Phi) is 3.79. The molecule has 2 unspecified atom stereocenters. The van der Waals surface area contributed by atoms with Gasteiger partial charge >= 0.3 is 0 Å². The summed E-state index contributed by atoms with van der Waals surface area (Å²) in [6.07, 6.45) is 4.42. The van der Waals surface area contributed by atoms with Crippen LogP contribution in [0.3, 0.4) is 0 Å². The lowest BCUT2D eigenvalue weighted by Crippen LogP contribution is -2.59. The highest BCUT2D eigenvalue weighted by atomic mass is 16.7. The Bertz CT molecular complexity index is 680. The molecule has 118 valence electrons. The third-order valence-corrected chi connectivity index (χ3v) is 4.08. The Labute approximate surface area is 127 Å². The lowest BCUT2D eigenvalue weighted by molar-refractivity contribution is -0.313. The molecule has 1 fully saturated rings. The molecular weight excluding hydrogens is 286 g/mol. The second kappa shape index (κ2) is 5.62. The largest absolute Gasteiger partial charge is 0.383 e. The highest BCUT2D eigenvalue weighted by molar-refractivity contribution is 5.84. The van der Waals surface area contributed by atoms with Crippen LogP contribution < -0.4 is 5.73 Å². The van der Waals surface area contributed by atoms with Crippen molar-refractivity contribution in [2.45, 2.75) is 32.1 Å². The zero-order valence-electron chi connectivity index (χ0n) is 12.6. The molecule has 1 aliphatic carbocycles. The first-order valence-corrected chi connectivity index (χ1v) is 7.33. The SMILES string of the molecule is CCOC1(OCC)CC(n2ncc3c(N)ncnc32)C1C=O. The van der Waals surface area contributed by atoms with E-state index in [0.29, 0.717) is 36.5 Å². The Hall–Kier alpha value is -2.06. The predicted octanol–water partition coefficient (Wildman–Crippen LogP) is 0.938. The normalized spacial score (nSPS) is 23.4. The van der Waals surface area contributed by atoms with Crippen LogP contribution in [0.4, 0.5) is 5.82 Å². The molecule has 1 saturated carbocycles. The number of hydrogen-bond acceptors (Lipinski definition) is 7. The fourth-order valence-corrected chi connectivity index (χ4v) is 3.08. The summed E-state index contributed by atoms with van der Waals surface area (Å²) in [7, 11) is 0. The lowest BCUT2D eigenvalue weighted by atomic mass is 9.73. The molecule has 0 aromatic carbocycles. The van der Waals surface area contributed by atoms with Crippen LogP contribution in [-0.4, -0.2) is 45.0 Å². The summed E-state index contributed by atoms with van der Waals surface area (Å²) < 4.78 is 13.2. The summed E-state index contributed by atoms with van der Waals surface area (Å²) in [5, 5.41) is 5.00. The van der Waals surface area contributed by atoms with Crippen LogP contribution in [0.25, 0.3) is 11.0 Å². The van der Waals surface area contributed by atoms with E-state index in [2.05, 4.69) is 15.1 Å². The second-order valence-corrected chi connectivity index (χ2v) is 5.20. The number of rotatable bonds is 6. The maximum Gasteiger partial charge on any atom is 0.181 e. The van der Waals surface area contributed by atoms with Gasteiger partial charge in [0, 0.05) is 19.6 Å². The Balaban J connectivity index is 1.95. The van der Waals surface area contributed by atoms with E-state index >= 15 is 0 Å². The third-order valence-electron chi connectivity index (χ3n) is 4.08. The minimum absolute atomic E-state index is 0.164. The molecule has 1 aliphatic rings. The molecular formula is C14H19N5O3. The molecule has 2 N–H and O–H groups in total. The smallest absolute Gasteiger partial charge is 0.181 e. The summed E-state index contributed by atoms with van der Waals surface area (Å²) in [5.41, 5.74) is 6.44. The van der Waals surface area contributed by atoms with Crippen molar-refractivity contribution in [2.75, 3.05) is 18.9 Å². The quantitative estimate of drug-likeness (QED) is 0.625. The summed E-state index contributed by atoms with van der Waals surface area (Å²) in [6, 6.07) is -0.164. The molecule has 0 spiro atoms. The maximum absolute atomic E-state index is 11.6. The fraction of sp³-hybridized carbons (Fsp3) is 0.571. The number of aromatic nitrogens is 4. The maximum atomic E-state index is 11.6. The number of hydrogen-bond donors (Lipinski definition) is 1. The number of nitrogens with zero attached hydrogens (tertiary/aromatic N) is 4.